The largest absolute Gasteiger partial charge is 0.460 e. The van der Waals surface area contributed by atoms with Crippen LogP contribution in [0.1, 0.15) is 23.1 Å². The van der Waals surface area contributed by atoms with Gasteiger partial charge in [-0.15, -0.1) is 11.8 Å². The molecule has 0 saturated carbocycles. The Kier molecular flexibility index (Phi) is 4.80. The molecule has 0 aliphatic heterocycles. The number of fused-ring (bicyclic) bond motifs is 2. The van der Waals surface area contributed by atoms with Crippen molar-refractivity contribution in [3.05, 3.63) is 75.6 Å². The third-order valence-electron chi connectivity index (χ3n) is 4.53. The van der Waals surface area contributed by atoms with Crippen molar-refractivity contribution in [1.29, 1.82) is 0 Å². The Balaban J connectivity index is 1.48. The number of carbonyl (C=O) groups excluding carboxylic acids is 1. The average Bonchev–Trinajstić information content (AvgIpc) is 3.11. The lowest BCUT2D eigenvalue weighted by Gasteiger charge is -2.09. The molecule has 0 atom stereocenters. The predicted octanol–water partition coefficient (Wildman–Crippen LogP) is 4.12. The van der Waals surface area contributed by atoms with Crippen LogP contribution in [0.15, 0.2) is 62.6 Å². The number of esters is 1. The minimum absolute atomic E-state index is 0.0784. The van der Waals surface area contributed by atoms with E-state index >= 15 is 0 Å². The van der Waals surface area contributed by atoms with Crippen LogP contribution in [-0.4, -0.2) is 11.7 Å². The summed E-state index contributed by atoms with van der Waals surface area (Å²) in [5.74, 6) is -0.0694. The summed E-state index contributed by atoms with van der Waals surface area (Å²) in [6.45, 7) is 0.0784. The van der Waals surface area contributed by atoms with E-state index in [2.05, 4.69) is 6.07 Å². The standard InChI is InChI=1S/C21H18O4S/c22-20-11-16(12-24-21(23)13-26-17-7-2-1-3-8-17)18-9-14-5-4-6-15(14)10-19(18)25-20/h1-3,7-11H,4-6,12-13H2. The average molecular weight is 366 g/mol. The second-order valence-electron chi connectivity index (χ2n) is 6.32. The van der Waals surface area contributed by atoms with Gasteiger partial charge in [0.15, 0.2) is 0 Å². The summed E-state index contributed by atoms with van der Waals surface area (Å²) in [7, 11) is 0. The van der Waals surface area contributed by atoms with Crippen molar-refractivity contribution < 1.29 is 13.9 Å². The molecule has 1 heterocycles. The molecular formula is C21H18O4S. The first-order chi connectivity index (χ1) is 12.7. The molecule has 0 bridgehead atoms. The number of rotatable bonds is 5. The van der Waals surface area contributed by atoms with Crippen LogP contribution in [0.25, 0.3) is 11.0 Å². The van der Waals surface area contributed by atoms with Crippen molar-refractivity contribution in [2.24, 2.45) is 0 Å². The Morgan fingerprint density at radius 3 is 2.65 bits per heavy atom. The first-order valence-electron chi connectivity index (χ1n) is 8.61. The monoisotopic (exact) mass is 366 g/mol. The number of aryl methyl sites for hydroxylation is 2. The fourth-order valence-electron chi connectivity index (χ4n) is 3.27. The number of thioether (sulfide) groups is 1. The van der Waals surface area contributed by atoms with Gasteiger partial charge in [-0.3, -0.25) is 4.79 Å². The fraction of sp³-hybridized carbons (Fsp3) is 0.238. The summed E-state index contributed by atoms with van der Waals surface area (Å²) >= 11 is 1.43. The topological polar surface area (TPSA) is 56.5 Å². The van der Waals surface area contributed by atoms with Crippen molar-refractivity contribution in [3.63, 3.8) is 0 Å². The molecule has 0 spiro atoms. The highest BCUT2D eigenvalue weighted by Crippen LogP contribution is 2.28. The highest BCUT2D eigenvalue weighted by molar-refractivity contribution is 8.00. The highest BCUT2D eigenvalue weighted by Gasteiger charge is 2.16. The summed E-state index contributed by atoms with van der Waals surface area (Å²) in [6, 6.07) is 15.1. The molecule has 0 fully saturated rings. The molecule has 0 unspecified atom stereocenters. The molecule has 0 amide bonds. The van der Waals surface area contributed by atoms with Crippen LogP contribution in [0, 0.1) is 0 Å². The quantitative estimate of drug-likeness (QED) is 0.386. The molecule has 132 valence electrons. The van der Waals surface area contributed by atoms with E-state index in [1.807, 2.05) is 36.4 Å². The molecule has 5 heteroatoms. The third kappa shape index (κ3) is 3.68. The maximum atomic E-state index is 12.1. The van der Waals surface area contributed by atoms with Gasteiger partial charge in [0.1, 0.15) is 12.2 Å². The predicted molar refractivity (Wildman–Crippen MR) is 101 cm³/mol. The zero-order valence-corrected chi connectivity index (χ0v) is 15.0. The van der Waals surface area contributed by atoms with E-state index in [9.17, 15) is 9.59 Å². The number of carbonyl (C=O) groups is 1. The molecule has 2 aromatic carbocycles. The van der Waals surface area contributed by atoms with E-state index in [4.69, 9.17) is 9.15 Å². The molecule has 1 aliphatic rings. The van der Waals surface area contributed by atoms with Crippen molar-refractivity contribution in [1.82, 2.24) is 0 Å². The maximum Gasteiger partial charge on any atom is 0.336 e. The minimum atomic E-state index is -0.417. The van der Waals surface area contributed by atoms with Crippen LogP contribution in [0.2, 0.25) is 0 Å². The van der Waals surface area contributed by atoms with E-state index in [0.717, 1.165) is 29.5 Å². The van der Waals surface area contributed by atoms with E-state index in [1.165, 1.54) is 29.0 Å². The molecule has 1 aliphatic carbocycles. The molecular weight excluding hydrogens is 348 g/mol. The lowest BCUT2D eigenvalue weighted by molar-refractivity contribution is -0.141. The molecule has 3 aromatic rings. The number of ether oxygens (including phenoxy) is 1. The Morgan fingerprint density at radius 2 is 1.85 bits per heavy atom. The smallest absolute Gasteiger partial charge is 0.336 e. The number of hydrogen-bond donors (Lipinski definition) is 0. The van der Waals surface area contributed by atoms with Crippen LogP contribution < -0.4 is 5.63 Å². The van der Waals surface area contributed by atoms with Crippen molar-refractivity contribution >= 4 is 28.7 Å². The summed E-state index contributed by atoms with van der Waals surface area (Å²) in [5, 5.41) is 0.855. The van der Waals surface area contributed by atoms with Gasteiger partial charge in [0.05, 0.1) is 5.75 Å². The van der Waals surface area contributed by atoms with Gasteiger partial charge in [0.25, 0.3) is 0 Å². The van der Waals surface area contributed by atoms with E-state index < -0.39 is 5.63 Å². The second kappa shape index (κ2) is 7.38. The molecule has 0 saturated heterocycles. The highest BCUT2D eigenvalue weighted by atomic mass is 32.2. The summed E-state index contributed by atoms with van der Waals surface area (Å²) in [6.07, 6.45) is 3.18. The van der Waals surface area contributed by atoms with E-state index in [0.29, 0.717) is 11.1 Å². The van der Waals surface area contributed by atoms with Crippen LogP contribution in [0.4, 0.5) is 0 Å². The first-order valence-corrected chi connectivity index (χ1v) is 9.59. The van der Waals surface area contributed by atoms with Gasteiger partial charge in [0.2, 0.25) is 0 Å². The molecule has 0 radical (unpaired) electrons. The minimum Gasteiger partial charge on any atom is -0.460 e. The molecule has 4 rings (SSSR count). The zero-order valence-electron chi connectivity index (χ0n) is 14.2. The Morgan fingerprint density at radius 1 is 1.08 bits per heavy atom. The Hall–Kier alpha value is -2.53. The van der Waals surface area contributed by atoms with E-state index in [1.54, 1.807) is 0 Å². The third-order valence-corrected chi connectivity index (χ3v) is 5.52. The summed E-state index contributed by atoms with van der Waals surface area (Å²) in [5.41, 5.74) is 3.39. The SMILES string of the molecule is O=C(CSc1ccccc1)OCc1cc(=O)oc2cc3c(cc12)CCC3. The number of hydrogen-bond acceptors (Lipinski definition) is 5. The van der Waals surface area contributed by atoms with Gasteiger partial charge < -0.3 is 9.15 Å². The van der Waals surface area contributed by atoms with Gasteiger partial charge >= 0.3 is 11.6 Å². The van der Waals surface area contributed by atoms with Crippen LogP contribution in [0.3, 0.4) is 0 Å². The van der Waals surface area contributed by atoms with Gasteiger partial charge in [-0.25, -0.2) is 4.79 Å². The van der Waals surface area contributed by atoms with Crippen molar-refractivity contribution in [2.45, 2.75) is 30.8 Å². The first kappa shape index (κ1) is 16.9. The second-order valence-corrected chi connectivity index (χ2v) is 7.37. The van der Waals surface area contributed by atoms with Gasteiger partial charge in [-0.1, -0.05) is 18.2 Å². The number of benzene rings is 2. The molecule has 1 aromatic heterocycles. The van der Waals surface area contributed by atoms with Gasteiger partial charge in [0, 0.05) is 21.9 Å². The van der Waals surface area contributed by atoms with Gasteiger partial charge in [-0.05, 0) is 54.7 Å². The summed E-state index contributed by atoms with van der Waals surface area (Å²) in [4.78, 5) is 24.9. The lowest BCUT2D eigenvalue weighted by Crippen LogP contribution is -2.09. The zero-order chi connectivity index (χ0) is 17.9. The summed E-state index contributed by atoms with van der Waals surface area (Å²) < 4.78 is 10.7. The van der Waals surface area contributed by atoms with Crippen molar-refractivity contribution in [3.8, 4) is 0 Å². The molecule has 4 nitrogen and oxygen atoms in total. The maximum absolute atomic E-state index is 12.1. The Bertz CT molecular complexity index is 1010. The normalized spacial score (nSPS) is 12.9. The van der Waals surface area contributed by atoms with Crippen LogP contribution >= 0.6 is 11.8 Å². The van der Waals surface area contributed by atoms with Crippen LogP contribution in [-0.2, 0) is 29.0 Å². The fourth-order valence-corrected chi connectivity index (χ4v) is 3.99. The molecule has 0 N–H and O–H groups in total. The van der Waals surface area contributed by atoms with Gasteiger partial charge in [-0.2, -0.15) is 0 Å². The Labute approximate surface area is 155 Å². The van der Waals surface area contributed by atoms with E-state index in [-0.39, 0.29) is 18.3 Å². The van der Waals surface area contributed by atoms with Crippen molar-refractivity contribution in [2.75, 3.05) is 5.75 Å². The van der Waals surface area contributed by atoms with Crippen LogP contribution in [0.5, 0.6) is 0 Å². The lowest BCUT2D eigenvalue weighted by atomic mass is 10.0. The molecule has 26 heavy (non-hydrogen) atoms.